The lowest BCUT2D eigenvalue weighted by atomic mass is 9.95. The van der Waals surface area contributed by atoms with Crippen molar-refractivity contribution in [1.29, 1.82) is 0 Å². The minimum atomic E-state index is -5.03. The van der Waals surface area contributed by atoms with Gasteiger partial charge in [-0.1, -0.05) is 41.1 Å². The van der Waals surface area contributed by atoms with E-state index >= 15 is 0 Å². The third-order valence-corrected chi connectivity index (χ3v) is 8.04. The predicted molar refractivity (Wildman–Crippen MR) is 163 cm³/mol. The Morgan fingerprint density at radius 3 is 2.41 bits per heavy atom. The number of methoxy groups -OCH3 is 1. The molecule has 0 amide bonds. The van der Waals surface area contributed by atoms with E-state index in [4.69, 9.17) is 25.8 Å². The Morgan fingerprint density at radius 2 is 1.80 bits per heavy atom. The Labute approximate surface area is 267 Å². The standard InChI is InChI=1S/C31H23ClF3N3O7S/c1-3-44-29(40)25-26(19-7-9-20(32)10-8-19)37-28(39)24(46-30(37)36-27(25)31(33,34)35)15-18-6-13-22(23(14-18)43-2)45-16-17-4-11-21(12-5-17)38(41)42/h4-15,26H,3,16H2,1-2H3/b24-15-/t26-/m1/s1. The molecule has 0 spiro atoms. The molecule has 1 atom stereocenters. The quantitative estimate of drug-likeness (QED) is 0.131. The second-order valence-electron chi connectivity index (χ2n) is 9.74. The number of nitrogens with zero attached hydrogens (tertiary/aromatic N) is 3. The second-order valence-corrected chi connectivity index (χ2v) is 11.2. The molecule has 0 fully saturated rings. The monoisotopic (exact) mass is 673 g/mol. The number of ether oxygens (including phenoxy) is 3. The molecule has 0 unspecified atom stereocenters. The van der Waals surface area contributed by atoms with E-state index < -0.39 is 39.9 Å². The molecule has 0 N–H and O–H groups in total. The van der Waals surface area contributed by atoms with Crippen molar-refractivity contribution in [2.75, 3.05) is 13.7 Å². The van der Waals surface area contributed by atoms with E-state index in [2.05, 4.69) is 4.99 Å². The molecule has 0 bridgehead atoms. The molecular formula is C31H23ClF3N3O7S. The van der Waals surface area contributed by atoms with Crippen molar-refractivity contribution in [2.24, 2.45) is 4.99 Å². The molecule has 1 aromatic heterocycles. The Bertz CT molecular complexity index is 2020. The number of esters is 1. The smallest absolute Gasteiger partial charge is 0.434 e. The van der Waals surface area contributed by atoms with Crippen molar-refractivity contribution in [3.8, 4) is 11.5 Å². The first-order chi connectivity index (χ1) is 21.9. The fourth-order valence-corrected chi connectivity index (χ4v) is 5.85. The van der Waals surface area contributed by atoms with Crippen molar-refractivity contribution in [1.82, 2.24) is 4.57 Å². The van der Waals surface area contributed by atoms with Gasteiger partial charge in [-0.3, -0.25) is 19.5 Å². The number of nitro benzene ring substituents is 1. The SMILES string of the molecule is CCOC(=O)C1=C(C(F)(F)F)N=c2s/c(=C\c3ccc(OCc4ccc([N+](=O)[O-])cc4)c(OC)c3)c(=O)n2[C@@H]1c1ccc(Cl)cc1. The van der Waals surface area contributed by atoms with E-state index in [1.807, 2.05) is 0 Å². The highest BCUT2D eigenvalue weighted by molar-refractivity contribution is 7.07. The lowest BCUT2D eigenvalue weighted by Gasteiger charge is -2.26. The Balaban J connectivity index is 1.56. The highest BCUT2D eigenvalue weighted by atomic mass is 35.5. The third kappa shape index (κ3) is 6.67. The van der Waals surface area contributed by atoms with Gasteiger partial charge in [0.05, 0.1) is 34.8 Å². The number of carbonyl (C=O) groups excluding carboxylic acids is 1. The zero-order valence-electron chi connectivity index (χ0n) is 24.0. The number of hydrogen-bond donors (Lipinski definition) is 0. The van der Waals surface area contributed by atoms with Gasteiger partial charge in [0.15, 0.2) is 22.0 Å². The summed E-state index contributed by atoms with van der Waals surface area (Å²) in [6.07, 6.45) is -3.56. The van der Waals surface area contributed by atoms with Gasteiger partial charge in [0.25, 0.3) is 11.2 Å². The number of non-ortho nitro benzene ring substituents is 1. The Morgan fingerprint density at radius 1 is 1.11 bits per heavy atom. The summed E-state index contributed by atoms with van der Waals surface area (Å²) in [6, 6.07) is 14.9. The second kappa shape index (κ2) is 13.2. The Kier molecular flexibility index (Phi) is 9.30. The highest BCUT2D eigenvalue weighted by Gasteiger charge is 2.45. The molecule has 2 heterocycles. The summed E-state index contributed by atoms with van der Waals surface area (Å²) in [5.41, 5.74) is -1.65. The number of thiazole rings is 1. The lowest BCUT2D eigenvalue weighted by Crippen LogP contribution is -2.41. The van der Waals surface area contributed by atoms with Crippen LogP contribution in [0.15, 0.2) is 87.8 Å². The number of allylic oxidation sites excluding steroid dienone is 1. The van der Waals surface area contributed by atoms with Crippen molar-refractivity contribution in [3.63, 3.8) is 0 Å². The van der Waals surface area contributed by atoms with Crippen LogP contribution in [-0.4, -0.2) is 35.4 Å². The van der Waals surface area contributed by atoms with Crippen LogP contribution >= 0.6 is 22.9 Å². The van der Waals surface area contributed by atoms with Gasteiger partial charge in [-0.2, -0.15) is 13.2 Å². The Hall–Kier alpha value is -4.95. The molecule has 5 rings (SSSR count). The fraction of sp³-hybridized carbons (Fsp3) is 0.194. The fourth-order valence-electron chi connectivity index (χ4n) is 4.72. The molecule has 0 saturated heterocycles. The predicted octanol–water partition coefficient (Wildman–Crippen LogP) is 5.49. The van der Waals surface area contributed by atoms with Crippen LogP contribution in [0.2, 0.25) is 5.02 Å². The molecule has 1 aliphatic rings. The molecule has 238 valence electrons. The molecule has 1 aliphatic heterocycles. The van der Waals surface area contributed by atoms with Crippen LogP contribution < -0.4 is 24.4 Å². The first kappa shape index (κ1) is 32.4. The number of alkyl halides is 3. The summed E-state index contributed by atoms with van der Waals surface area (Å²) >= 11 is 6.74. The van der Waals surface area contributed by atoms with Gasteiger partial charge < -0.3 is 14.2 Å². The van der Waals surface area contributed by atoms with Gasteiger partial charge in [0.1, 0.15) is 6.61 Å². The molecule has 10 nitrogen and oxygen atoms in total. The summed E-state index contributed by atoms with van der Waals surface area (Å²) in [5.74, 6) is -0.607. The van der Waals surface area contributed by atoms with Crippen molar-refractivity contribution < 1.29 is 37.1 Å². The summed E-state index contributed by atoms with van der Waals surface area (Å²) in [4.78, 5) is 40.6. The van der Waals surface area contributed by atoms with Crippen LogP contribution in [0.5, 0.6) is 11.5 Å². The van der Waals surface area contributed by atoms with Crippen molar-refractivity contribution in [2.45, 2.75) is 25.7 Å². The normalized spacial score (nSPS) is 14.8. The van der Waals surface area contributed by atoms with Crippen LogP contribution in [0, 0.1) is 10.1 Å². The number of nitro groups is 1. The average Bonchev–Trinajstić information content (AvgIpc) is 3.34. The first-order valence-corrected chi connectivity index (χ1v) is 14.7. The maximum atomic E-state index is 14.3. The average molecular weight is 674 g/mol. The van der Waals surface area contributed by atoms with Gasteiger partial charge >= 0.3 is 12.1 Å². The maximum absolute atomic E-state index is 14.3. The van der Waals surface area contributed by atoms with E-state index in [9.17, 15) is 32.9 Å². The molecule has 0 saturated carbocycles. The number of hydrogen-bond acceptors (Lipinski definition) is 9. The molecule has 4 aromatic rings. The van der Waals surface area contributed by atoms with Crippen LogP contribution in [0.4, 0.5) is 18.9 Å². The largest absolute Gasteiger partial charge is 0.493 e. The maximum Gasteiger partial charge on any atom is 0.434 e. The molecular weight excluding hydrogens is 651 g/mol. The number of fused-ring (bicyclic) bond motifs is 1. The van der Waals surface area contributed by atoms with Crippen LogP contribution in [0.1, 0.15) is 29.7 Å². The number of halogens is 4. The van der Waals surface area contributed by atoms with Crippen LogP contribution in [0.3, 0.4) is 0 Å². The minimum absolute atomic E-state index is 0.0472. The zero-order chi connectivity index (χ0) is 33.2. The van der Waals surface area contributed by atoms with Crippen LogP contribution in [-0.2, 0) is 16.1 Å². The molecule has 15 heteroatoms. The molecule has 3 aromatic carbocycles. The molecule has 46 heavy (non-hydrogen) atoms. The van der Waals surface area contributed by atoms with Crippen molar-refractivity contribution in [3.05, 3.63) is 130 Å². The lowest BCUT2D eigenvalue weighted by molar-refractivity contribution is -0.384. The first-order valence-electron chi connectivity index (χ1n) is 13.5. The van der Waals surface area contributed by atoms with E-state index in [0.717, 1.165) is 15.9 Å². The number of rotatable bonds is 9. The van der Waals surface area contributed by atoms with Gasteiger partial charge in [-0.15, -0.1) is 0 Å². The van der Waals surface area contributed by atoms with Gasteiger partial charge in [0.2, 0.25) is 0 Å². The number of benzene rings is 3. The summed E-state index contributed by atoms with van der Waals surface area (Å²) in [6.45, 7) is 1.35. The number of carbonyl (C=O) groups is 1. The van der Waals surface area contributed by atoms with E-state index in [1.165, 1.54) is 56.5 Å². The summed E-state index contributed by atoms with van der Waals surface area (Å²) < 4.78 is 60.3. The zero-order valence-corrected chi connectivity index (χ0v) is 25.6. The highest BCUT2D eigenvalue weighted by Crippen LogP contribution is 2.38. The summed E-state index contributed by atoms with van der Waals surface area (Å²) in [7, 11) is 1.41. The van der Waals surface area contributed by atoms with Crippen LogP contribution in [0.25, 0.3) is 6.08 Å². The topological polar surface area (TPSA) is 122 Å². The minimum Gasteiger partial charge on any atom is -0.493 e. The number of aromatic nitrogens is 1. The van der Waals surface area contributed by atoms with Gasteiger partial charge in [-0.05, 0) is 66.1 Å². The molecule has 0 aliphatic carbocycles. The van der Waals surface area contributed by atoms with Crippen molar-refractivity contribution >= 4 is 40.7 Å². The van der Waals surface area contributed by atoms with Gasteiger partial charge in [0, 0.05) is 17.2 Å². The van der Waals surface area contributed by atoms with E-state index in [0.29, 0.717) is 27.6 Å². The molecule has 0 radical (unpaired) electrons. The van der Waals surface area contributed by atoms with Gasteiger partial charge in [-0.25, -0.2) is 9.79 Å². The van der Waals surface area contributed by atoms with E-state index in [-0.39, 0.29) is 33.8 Å². The summed E-state index contributed by atoms with van der Waals surface area (Å²) in [5, 5.41) is 11.2. The van der Waals surface area contributed by atoms with E-state index in [1.54, 1.807) is 30.3 Å². The third-order valence-electron chi connectivity index (χ3n) is 6.81.